The molecule has 98 valence electrons. The zero-order chi connectivity index (χ0) is 14.0. The molecule has 19 heavy (non-hydrogen) atoms. The molecule has 1 amide bonds. The average molecular weight is 321 g/mol. The number of phenols is 1. The number of hydrogen-bond acceptors (Lipinski definition) is 3. The van der Waals surface area contributed by atoms with E-state index in [2.05, 4.69) is 21.2 Å². The Morgan fingerprint density at radius 3 is 2.63 bits per heavy atom. The van der Waals surface area contributed by atoms with Crippen molar-refractivity contribution in [2.75, 3.05) is 11.1 Å². The highest BCUT2D eigenvalue weighted by Crippen LogP contribution is 2.24. The van der Waals surface area contributed by atoms with E-state index in [-0.39, 0.29) is 11.7 Å². The maximum Gasteiger partial charge on any atom is 0.255 e. The number of rotatable bonds is 2. The highest BCUT2D eigenvalue weighted by Gasteiger charge is 2.08. The second kappa shape index (κ2) is 5.32. The molecule has 0 radical (unpaired) electrons. The molecule has 2 aromatic rings. The quantitative estimate of drug-likeness (QED) is 0.743. The standard InChI is InChI=1S/C14H13BrN2O2/c1-8-6-9(2-5-13(8)18)14(19)17-10-3-4-11(15)12(16)7-10/h2-7,18H,16H2,1H3,(H,17,19). The predicted molar refractivity (Wildman–Crippen MR) is 79.4 cm³/mol. The van der Waals surface area contributed by atoms with E-state index >= 15 is 0 Å². The molecule has 0 spiro atoms. The molecule has 2 rings (SSSR count). The van der Waals surface area contributed by atoms with Crippen LogP contribution in [0.1, 0.15) is 15.9 Å². The monoisotopic (exact) mass is 320 g/mol. The summed E-state index contributed by atoms with van der Waals surface area (Å²) >= 11 is 3.29. The zero-order valence-corrected chi connectivity index (χ0v) is 11.9. The fraction of sp³-hybridized carbons (Fsp3) is 0.0714. The van der Waals surface area contributed by atoms with Crippen molar-refractivity contribution in [3.63, 3.8) is 0 Å². The number of aryl methyl sites for hydroxylation is 1. The first-order chi connectivity index (χ1) is 8.97. The van der Waals surface area contributed by atoms with Gasteiger partial charge in [0.15, 0.2) is 0 Å². The van der Waals surface area contributed by atoms with Gasteiger partial charge in [-0.3, -0.25) is 4.79 Å². The Morgan fingerprint density at radius 2 is 2.00 bits per heavy atom. The van der Waals surface area contributed by atoms with E-state index in [1.165, 1.54) is 6.07 Å². The lowest BCUT2D eigenvalue weighted by Gasteiger charge is -2.08. The molecule has 0 aliphatic heterocycles. The number of anilines is 2. The number of nitrogens with one attached hydrogen (secondary N) is 1. The van der Waals surface area contributed by atoms with Crippen LogP contribution in [0.15, 0.2) is 40.9 Å². The van der Waals surface area contributed by atoms with Gasteiger partial charge < -0.3 is 16.2 Å². The summed E-state index contributed by atoms with van der Waals surface area (Å²) in [5, 5.41) is 12.2. The van der Waals surface area contributed by atoms with Crippen LogP contribution in [0.25, 0.3) is 0 Å². The van der Waals surface area contributed by atoms with Crippen molar-refractivity contribution in [3.8, 4) is 5.75 Å². The van der Waals surface area contributed by atoms with E-state index in [4.69, 9.17) is 5.73 Å². The summed E-state index contributed by atoms with van der Waals surface area (Å²) < 4.78 is 0.783. The van der Waals surface area contributed by atoms with Gasteiger partial charge in [0.1, 0.15) is 5.75 Å². The van der Waals surface area contributed by atoms with Crippen LogP contribution in [0.4, 0.5) is 11.4 Å². The lowest BCUT2D eigenvalue weighted by molar-refractivity contribution is 0.102. The molecule has 0 aromatic heterocycles. The Morgan fingerprint density at radius 1 is 1.26 bits per heavy atom. The van der Waals surface area contributed by atoms with Gasteiger partial charge in [0.05, 0.1) is 0 Å². The van der Waals surface area contributed by atoms with Crippen LogP contribution >= 0.6 is 15.9 Å². The molecular weight excluding hydrogens is 308 g/mol. The van der Waals surface area contributed by atoms with Crippen molar-refractivity contribution in [2.45, 2.75) is 6.92 Å². The summed E-state index contributed by atoms with van der Waals surface area (Å²) in [7, 11) is 0. The molecule has 0 bridgehead atoms. The first kappa shape index (κ1) is 13.4. The van der Waals surface area contributed by atoms with E-state index in [9.17, 15) is 9.90 Å². The fourth-order valence-corrected chi connectivity index (χ4v) is 1.87. The Labute approximate surface area is 119 Å². The second-order valence-corrected chi connectivity index (χ2v) is 5.05. The van der Waals surface area contributed by atoms with Crippen LogP contribution in [0, 0.1) is 6.92 Å². The van der Waals surface area contributed by atoms with Gasteiger partial charge in [-0.05, 0) is 64.8 Å². The molecule has 2 aromatic carbocycles. The van der Waals surface area contributed by atoms with Crippen molar-refractivity contribution >= 4 is 33.2 Å². The van der Waals surface area contributed by atoms with Gasteiger partial charge in [0.25, 0.3) is 5.91 Å². The number of hydrogen-bond donors (Lipinski definition) is 3. The topological polar surface area (TPSA) is 75.4 Å². The first-order valence-electron chi connectivity index (χ1n) is 5.63. The van der Waals surface area contributed by atoms with E-state index in [0.717, 1.165) is 4.47 Å². The summed E-state index contributed by atoms with van der Waals surface area (Å²) in [6.45, 7) is 1.74. The SMILES string of the molecule is Cc1cc(C(=O)Nc2ccc(Br)c(N)c2)ccc1O. The number of aromatic hydroxyl groups is 1. The number of carbonyl (C=O) groups is 1. The van der Waals surface area contributed by atoms with Crippen molar-refractivity contribution in [2.24, 2.45) is 0 Å². The van der Waals surface area contributed by atoms with Gasteiger partial charge in [-0.15, -0.1) is 0 Å². The fourth-order valence-electron chi connectivity index (χ4n) is 1.62. The van der Waals surface area contributed by atoms with Gasteiger partial charge in [0.2, 0.25) is 0 Å². The van der Waals surface area contributed by atoms with Crippen LogP contribution in [-0.2, 0) is 0 Å². The van der Waals surface area contributed by atoms with Crippen molar-refractivity contribution in [1.82, 2.24) is 0 Å². The van der Waals surface area contributed by atoms with E-state index < -0.39 is 0 Å². The highest BCUT2D eigenvalue weighted by molar-refractivity contribution is 9.10. The second-order valence-electron chi connectivity index (χ2n) is 4.19. The third-order valence-corrected chi connectivity index (χ3v) is 3.44. The molecule has 5 heteroatoms. The number of benzene rings is 2. The van der Waals surface area contributed by atoms with Gasteiger partial charge in [-0.2, -0.15) is 0 Å². The smallest absolute Gasteiger partial charge is 0.255 e. The number of nitrogens with two attached hydrogens (primary N) is 1. The molecule has 0 saturated heterocycles. The zero-order valence-electron chi connectivity index (χ0n) is 10.3. The third-order valence-electron chi connectivity index (χ3n) is 2.71. The Balaban J connectivity index is 2.20. The van der Waals surface area contributed by atoms with Crippen LogP contribution in [0.5, 0.6) is 5.75 Å². The Hall–Kier alpha value is -2.01. The minimum atomic E-state index is -0.246. The maximum atomic E-state index is 12.0. The van der Waals surface area contributed by atoms with Crippen LogP contribution < -0.4 is 11.1 Å². The van der Waals surface area contributed by atoms with E-state index in [1.54, 1.807) is 37.3 Å². The lowest BCUT2D eigenvalue weighted by Crippen LogP contribution is -2.12. The molecule has 4 nitrogen and oxygen atoms in total. The number of halogens is 1. The summed E-state index contributed by atoms with van der Waals surface area (Å²) in [5.41, 5.74) is 8.06. The van der Waals surface area contributed by atoms with Crippen molar-refractivity contribution < 1.29 is 9.90 Å². The van der Waals surface area contributed by atoms with Gasteiger partial charge in [-0.25, -0.2) is 0 Å². The highest BCUT2D eigenvalue weighted by atomic mass is 79.9. The molecular formula is C14H13BrN2O2. The minimum absolute atomic E-state index is 0.171. The molecule has 0 aliphatic rings. The number of carbonyl (C=O) groups excluding carboxylic acids is 1. The number of amides is 1. The van der Waals surface area contributed by atoms with Gasteiger partial charge >= 0.3 is 0 Å². The normalized spacial score (nSPS) is 10.2. The summed E-state index contributed by atoms with van der Waals surface area (Å²) in [6, 6.07) is 9.90. The van der Waals surface area contributed by atoms with Crippen molar-refractivity contribution in [1.29, 1.82) is 0 Å². The molecule has 0 saturated carbocycles. The van der Waals surface area contributed by atoms with Crippen LogP contribution in [-0.4, -0.2) is 11.0 Å². The molecule has 0 unspecified atom stereocenters. The van der Waals surface area contributed by atoms with Gasteiger partial charge in [0, 0.05) is 21.4 Å². The van der Waals surface area contributed by atoms with Crippen LogP contribution in [0.2, 0.25) is 0 Å². The number of nitrogen functional groups attached to an aromatic ring is 1. The van der Waals surface area contributed by atoms with E-state index in [1.807, 2.05) is 0 Å². The Kier molecular flexibility index (Phi) is 3.76. The summed E-state index contributed by atoms with van der Waals surface area (Å²) in [5.74, 6) is -0.0748. The predicted octanol–water partition coefficient (Wildman–Crippen LogP) is 3.30. The summed E-state index contributed by atoms with van der Waals surface area (Å²) in [4.78, 5) is 12.0. The number of phenolic OH excluding ortho intramolecular Hbond substituents is 1. The van der Waals surface area contributed by atoms with Gasteiger partial charge in [-0.1, -0.05) is 0 Å². The molecule has 0 aliphatic carbocycles. The molecule has 0 fully saturated rings. The minimum Gasteiger partial charge on any atom is -0.508 e. The van der Waals surface area contributed by atoms with Crippen LogP contribution in [0.3, 0.4) is 0 Å². The first-order valence-corrected chi connectivity index (χ1v) is 6.42. The van der Waals surface area contributed by atoms with Crippen molar-refractivity contribution in [3.05, 3.63) is 52.0 Å². The summed E-state index contributed by atoms with van der Waals surface area (Å²) in [6.07, 6.45) is 0. The third kappa shape index (κ3) is 3.06. The van der Waals surface area contributed by atoms with E-state index in [0.29, 0.717) is 22.5 Å². The molecule has 0 atom stereocenters. The Bertz CT molecular complexity index is 641. The lowest BCUT2D eigenvalue weighted by atomic mass is 10.1. The largest absolute Gasteiger partial charge is 0.508 e. The molecule has 4 N–H and O–H groups in total. The average Bonchev–Trinajstić information content (AvgIpc) is 2.37. The maximum absolute atomic E-state index is 12.0. The molecule has 0 heterocycles.